The van der Waals surface area contributed by atoms with Gasteiger partial charge in [0.05, 0.1) is 37.5 Å². The Morgan fingerprint density at radius 2 is 1.69 bits per heavy atom. The third kappa shape index (κ3) is 6.07. The number of halogens is 1. The summed E-state index contributed by atoms with van der Waals surface area (Å²) in [6.45, 7) is 3.84. The van der Waals surface area contributed by atoms with E-state index in [2.05, 4.69) is 6.07 Å². The van der Waals surface area contributed by atoms with Gasteiger partial charge in [-0.25, -0.2) is 0 Å². The molecule has 0 radical (unpaired) electrons. The number of ether oxygens (including phenoxy) is 3. The van der Waals surface area contributed by atoms with Gasteiger partial charge in [0.15, 0.2) is 17.2 Å². The molecule has 0 aromatic heterocycles. The highest BCUT2D eigenvalue weighted by atomic mass is 35.5. The van der Waals surface area contributed by atoms with Crippen LogP contribution in [0.15, 0.2) is 59.5 Å². The largest absolute Gasteiger partial charge is 0.493 e. The van der Waals surface area contributed by atoms with E-state index in [1.54, 1.807) is 49.4 Å². The van der Waals surface area contributed by atoms with E-state index >= 15 is 0 Å². The van der Waals surface area contributed by atoms with Crippen molar-refractivity contribution in [1.82, 2.24) is 0 Å². The highest BCUT2D eigenvalue weighted by molar-refractivity contribution is 7.87. The first-order chi connectivity index (χ1) is 16.7. The summed E-state index contributed by atoms with van der Waals surface area (Å²) < 4.78 is 47.2. The van der Waals surface area contributed by atoms with E-state index in [0.717, 1.165) is 5.56 Å². The number of nitriles is 1. The van der Waals surface area contributed by atoms with Crippen LogP contribution in [0.1, 0.15) is 23.6 Å². The Hall–Kier alpha value is -3.67. The zero-order chi connectivity index (χ0) is 25.6. The monoisotopic (exact) mass is 513 g/mol. The smallest absolute Gasteiger partial charge is 0.339 e. The van der Waals surface area contributed by atoms with Crippen molar-refractivity contribution in [2.45, 2.75) is 18.7 Å². The second-order valence-corrected chi connectivity index (χ2v) is 9.31. The second kappa shape index (κ2) is 11.2. The molecule has 0 saturated heterocycles. The second-order valence-electron chi connectivity index (χ2n) is 7.35. The maximum atomic E-state index is 12.8. The molecule has 3 aromatic rings. The van der Waals surface area contributed by atoms with E-state index in [1.807, 2.05) is 6.92 Å². The molecule has 0 bridgehead atoms. The highest BCUT2D eigenvalue weighted by Crippen LogP contribution is 2.40. The first-order valence-electron chi connectivity index (χ1n) is 10.5. The Labute approximate surface area is 210 Å². The van der Waals surface area contributed by atoms with E-state index in [1.165, 1.54) is 32.4 Å². The maximum absolute atomic E-state index is 12.8. The van der Waals surface area contributed by atoms with E-state index in [0.29, 0.717) is 28.2 Å². The average molecular weight is 514 g/mol. The Morgan fingerprint density at radius 1 is 1.00 bits per heavy atom. The van der Waals surface area contributed by atoms with E-state index in [9.17, 15) is 13.7 Å². The predicted molar refractivity (Wildman–Crippen MR) is 135 cm³/mol. The number of hydrogen-bond acceptors (Lipinski definition) is 7. The fourth-order valence-electron chi connectivity index (χ4n) is 3.23. The summed E-state index contributed by atoms with van der Waals surface area (Å²) in [4.78, 5) is -0.00851. The van der Waals surface area contributed by atoms with Crippen molar-refractivity contribution < 1.29 is 26.8 Å². The van der Waals surface area contributed by atoms with Crippen molar-refractivity contribution in [3.63, 3.8) is 0 Å². The lowest BCUT2D eigenvalue weighted by Crippen LogP contribution is -2.11. The lowest BCUT2D eigenvalue weighted by atomic mass is 10.0. The standard InChI is InChI=1S/C26H24ClNO6S/c1-5-33-25-14-18(12-20(16-28)19-8-11-23(31-3)24(15-19)32-4)13-22(27)26(25)34-35(29,30)21-9-6-17(2)7-10-21/h6-15H,5H2,1-4H3/b20-12+. The number of aryl methyl sites for hydroxylation is 1. The molecule has 0 atom stereocenters. The summed E-state index contributed by atoms with van der Waals surface area (Å²) >= 11 is 6.43. The van der Waals surface area contributed by atoms with Crippen LogP contribution in [-0.4, -0.2) is 29.2 Å². The molecule has 0 amide bonds. The number of benzene rings is 3. The normalized spacial score (nSPS) is 11.5. The Kier molecular flexibility index (Phi) is 8.28. The summed E-state index contributed by atoms with van der Waals surface area (Å²) in [5.41, 5.74) is 2.35. The fraction of sp³-hybridized carbons (Fsp3) is 0.192. The van der Waals surface area contributed by atoms with Crippen LogP contribution in [-0.2, 0) is 10.1 Å². The molecule has 0 unspecified atom stereocenters. The van der Waals surface area contributed by atoms with Crippen molar-refractivity contribution in [3.8, 4) is 29.1 Å². The minimum Gasteiger partial charge on any atom is -0.493 e. The molecule has 9 heteroatoms. The predicted octanol–water partition coefficient (Wildman–Crippen LogP) is 5.90. The molecule has 0 N–H and O–H groups in total. The van der Waals surface area contributed by atoms with Gasteiger partial charge in [-0.15, -0.1) is 0 Å². The van der Waals surface area contributed by atoms with Gasteiger partial charge in [0.25, 0.3) is 0 Å². The zero-order valence-corrected chi connectivity index (χ0v) is 21.2. The minimum absolute atomic E-state index is 0.00851. The van der Waals surface area contributed by atoms with Crippen LogP contribution in [0, 0.1) is 18.3 Å². The van der Waals surface area contributed by atoms with Crippen LogP contribution < -0.4 is 18.4 Å². The van der Waals surface area contributed by atoms with Crippen molar-refractivity contribution >= 4 is 33.4 Å². The lowest BCUT2D eigenvalue weighted by molar-refractivity contribution is 0.327. The van der Waals surface area contributed by atoms with Gasteiger partial charge in [0.1, 0.15) is 4.90 Å². The van der Waals surface area contributed by atoms with Crippen molar-refractivity contribution in [3.05, 3.63) is 76.3 Å². The molecular weight excluding hydrogens is 490 g/mol. The molecular formula is C26H24ClNO6S. The van der Waals surface area contributed by atoms with Crippen molar-refractivity contribution in [2.24, 2.45) is 0 Å². The van der Waals surface area contributed by atoms with Gasteiger partial charge >= 0.3 is 10.1 Å². The molecule has 3 aromatic carbocycles. The summed E-state index contributed by atoms with van der Waals surface area (Å²) in [6.07, 6.45) is 1.61. The van der Waals surface area contributed by atoms with Gasteiger partial charge in [0.2, 0.25) is 5.75 Å². The van der Waals surface area contributed by atoms with Crippen molar-refractivity contribution in [2.75, 3.05) is 20.8 Å². The van der Waals surface area contributed by atoms with Gasteiger partial charge in [-0.1, -0.05) is 29.3 Å². The topological polar surface area (TPSA) is 94.8 Å². The highest BCUT2D eigenvalue weighted by Gasteiger charge is 2.22. The van der Waals surface area contributed by atoms with E-state index in [-0.39, 0.29) is 28.0 Å². The number of allylic oxidation sites excluding steroid dienone is 1. The molecule has 0 heterocycles. The molecule has 182 valence electrons. The Balaban J connectivity index is 2.03. The maximum Gasteiger partial charge on any atom is 0.339 e. The van der Waals surface area contributed by atoms with Gasteiger partial charge < -0.3 is 18.4 Å². The first-order valence-corrected chi connectivity index (χ1v) is 12.3. The minimum atomic E-state index is -4.15. The van der Waals surface area contributed by atoms with E-state index in [4.69, 9.17) is 30.0 Å². The van der Waals surface area contributed by atoms with Crippen LogP contribution in [0.5, 0.6) is 23.0 Å². The summed E-state index contributed by atoms with van der Waals surface area (Å²) in [6, 6.07) is 16.6. The summed E-state index contributed by atoms with van der Waals surface area (Å²) in [5, 5.41) is 9.78. The van der Waals surface area contributed by atoms with Gasteiger partial charge in [-0.05, 0) is 73.5 Å². The fourth-order valence-corrected chi connectivity index (χ4v) is 4.49. The van der Waals surface area contributed by atoms with Crippen LogP contribution in [0.2, 0.25) is 5.02 Å². The number of methoxy groups -OCH3 is 2. The van der Waals surface area contributed by atoms with Crippen LogP contribution >= 0.6 is 11.6 Å². The first kappa shape index (κ1) is 25.9. The SMILES string of the molecule is CCOc1cc(/C=C(\C#N)c2ccc(OC)c(OC)c2)cc(Cl)c1OS(=O)(=O)c1ccc(C)cc1. The third-order valence-electron chi connectivity index (χ3n) is 4.96. The van der Waals surface area contributed by atoms with Crippen molar-refractivity contribution in [1.29, 1.82) is 5.26 Å². The zero-order valence-electron chi connectivity index (χ0n) is 19.7. The Morgan fingerprint density at radius 3 is 2.29 bits per heavy atom. The van der Waals surface area contributed by atoms with Crippen LogP contribution in [0.4, 0.5) is 0 Å². The molecule has 0 fully saturated rings. The number of nitrogens with zero attached hydrogens (tertiary/aromatic N) is 1. The average Bonchev–Trinajstić information content (AvgIpc) is 2.84. The molecule has 35 heavy (non-hydrogen) atoms. The Bertz CT molecular complexity index is 1390. The molecule has 3 rings (SSSR count). The lowest BCUT2D eigenvalue weighted by Gasteiger charge is -2.15. The van der Waals surface area contributed by atoms with E-state index < -0.39 is 10.1 Å². The number of hydrogen-bond donors (Lipinski definition) is 0. The van der Waals surface area contributed by atoms with Crippen LogP contribution in [0.25, 0.3) is 11.6 Å². The summed E-state index contributed by atoms with van der Waals surface area (Å²) in [7, 11) is -1.11. The molecule has 0 spiro atoms. The van der Waals surface area contributed by atoms with Gasteiger partial charge in [-0.2, -0.15) is 13.7 Å². The molecule has 0 aliphatic heterocycles. The molecule has 0 aliphatic carbocycles. The van der Waals surface area contributed by atoms with Gasteiger partial charge in [-0.3, -0.25) is 0 Å². The molecule has 0 aliphatic rings. The quantitative estimate of drug-likeness (QED) is 0.200. The third-order valence-corrected chi connectivity index (χ3v) is 6.48. The van der Waals surface area contributed by atoms with Crippen LogP contribution in [0.3, 0.4) is 0 Å². The molecule has 0 saturated carbocycles. The summed E-state index contributed by atoms with van der Waals surface area (Å²) in [5.74, 6) is 1.01. The van der Waals surface area contributed by atoms with Gasteiger partial charge in [0, 0.05) is 0 Å². The molecule has 7 nitrogen and oxygen atoms in total. The number of rotatable bonds is 9.